The summed E-state index contributed by atoms with van der Waals surface area (Å²) in [5.41, 5.74) is 2.25. The molecule has 0 fully saturated rings. The summed E-state index contributed by atoms with van der Waals surface area (Å²) in [4.78, 5) is 23.9. The van der Waals surface area contributed by atoms with E-state index < -0.39 is 11.8 Å². The van der Waals surface area contributed by atoms with Gasteiger partial charge in [0.05, 0.1) is 5.52 Å². The van der Waals surface area contributed by atoms with Gasteiger partial charge in [-0.05, 0) is 24.6 Å². The third-order valence-electron chi connectivity index (χ3n) is 3.88. The quantitative estimate of drug-likeness (QED) is 0.554. The van der Waals surface area contributed by atoms with Crippen LogP contribution in [0.15, 0.2) is 58.8 Å². The van der Waals surface area contributed by atoms with E-state index in [2.05, 4.69) is 15.5 Å². The van der Waals surface area contributed by atoms with Crippen molar-refractivity contribution in [1.29, 1.82) is 0 Å². The number of rotatable bonds is 2. The van der Waals surface area contributed by atoms with E-state index in [1.54, 1.807) is 37.4 Å². The van der Waals surface area contributed by atoms with E-state index >= 15 is 0 Å². The third kappa shape index (κ3) is 3.12. The predicted octanol–water partition coefficient (Wildman–Crippen LogP) is 3.44. The van der Waals surface area contributed by atoms with Gasteiger partial charge in [0, 0.05) is 18.1 Å². The molecule has 2 amide bonds. The van der Waals surface area contributed by atoms with Crippen molar-refractivity contribution in [3.63, 3.8) is 0 Å². The number of azo groups is 1. The number of hydrogen-bond donors (Lipinski definition) is 2. The van der Waals surface area contributed by atoms with Gasteiger partial charge >= 0.3 is 11.8 Å². The Bertz CT molecular complexity index is 1000. The Kier molecular flexibility index (Phi) is 4.30. The van der Waals surface area contributed by atoms with Crippen molar-refractivity contribution in [2.45, 2.75) is 6.92 Å². The maximum absolute atomic E-state index is 12.0. The molecular formula is C18H16N4O3. The second kappa shape index (κ2) is 6.56. The lowest BCUT2D eigenvalue weighted by Crippen LogP contribution is -2.21. The van der Waals surface area contributed by atoms with Crippen LogP contribution in [-0.2, 0) is 16.6 Å². The summed E-state index contributed by atoms with van der Waals surface area (Å²) >= 11 is 0. The molecule has 0 aliphatic heterocycles. The first-order chi connectivity index (χ1) is 12.0. The number of aromatic hydroxyl groups is 1. The topological polar surface area (TPSA) is 96.1 Å². The molecule has 0 aliphatic rings. The van der Waals surface area contributed by atoms with Gasteiger partial charge in [-0.3, -0.25) is 9.59 Å². The molecule has 0 saturated heterocycles. The molecule has 0 radical (unpaired) electrons. The molecule has 7 heteroatoms. The van der Waals surface area contributed by atoms with Crippen molar-refractivity contribution in [1.82, 2.24) is 4.57 Å². The van der Waals surface area contributed by atoms with Crippen molar-refractivity contribution < 1.29 is 14.7 Å². The second-order valence-electron chi connectivity index (χ2n) is 5.52. The Balaban J connectivity index is 1.83. The standard InChI is InChI=1S/C18H16N4O3/c1-11-7-3-5-9-13(11)19-16(23)17(24)21-20-15-12-8-4-6-10-14(12)22(2)18(15)25/h3-10,25H,1-2H3,(H,19,23). The molecule has 0 atom stereocenters. The molecule has 7 nitrogen and oxygen atoms in total. The van der Waals surface area contributed by atoms with Crippen molar-refractivity contribution in [2.75, 3.05) is 5.32 Å². The van der Waals surface area contributed by atoms with Crippen LogP contribution >= 0.6 is 0 Å². The lowest BCUT2D eigenvalue weighted by atomic mass is 10.2. The van der Waals surface area contributed by atoms with Crippen molar-refractivity contribution >= 4 is 34.1 Å². The molecule has 1 heterocycles. The molecule has 0 spiro atoms. The van der Waals surface area contributed by atoms with Crippen molar-refractivity contribution in [3.05, 3.63) is 54.1 Å². The van der Waals surface area contributed by atoms with E-state index in [1.807, 2.05) is 25.1 Å². The molecule has 0 aliphatic carbocycles. The first kappa shape index (κ1) is 16.4. The number of benzene rings is 2. The van der Waals surface area contributed by atoms with Crippen LogP contribution in [0.3, 0.4) is 0 Å². The average Bonchev–Trinajstić information content (AvgIpc) is 2.86. The van der Waals surface area contributed by atoms with Crippen LogP contribution in [0.2, 0.25) is 0 Å². The highest BCUT2D eigenvalue weighted by Crippen LogP contribution is 2.37. The van der Waals surface area contributed by atoms with Gasteiger partial charge in [-0.25, -0.2) is 0 Å². The van der Waals surface area contributed by atoms with Gasteiger partial charge < -0.3 is 15.0 Å². The number of fused-ring (bicyclic) bond motifs is 1. The minimum absolute atomic E-state index is 0.128. The Morgan fingerprint density at radius 3 is 2.52 bits per heavy atom. The zero-order chi connectivity index (χ0) is 18.0. The van der Waals surface area contributed by atoms with Crippen molar-refractivity contribution in [2.24, 2.45) is 17.3 Å². The van der Waals surface area contributed by atoms with Gasteiger partial charge in [0.2, 0.25) is 5.88 Å². The first-order valence-electron chi connectivity index (χ1n) is 7.58. The fourth-order valence-corrected chi connectivity index (χ4v) is 2.49. The van der Waals surface area contributed by atoms with Gasteiger partial charge in [-0.2, -0.15) is 0 Å². The maximum atomic E-state index is 12.0. The number of aryl methyl sites for hydroxylation is 2. The summed E-state index contributed by atoms with van der Waals surface area (Å²) in [5, 5.41) is 20.5. The number of hydrogen-bond acceptors (Lipinski definition) is 4. The summed E-state index contributed by atoms with van der Waals surface area (Å²) in [7, 11) is 1.67. The normalized spacial score (nSPS) is 11.1. The summed E-state index contributed by atoms with van der Waals surface area (Å²) in [5.74, 6) is -2.06. The molecule has 0 bridgehead atoms. The SMILES string of the molecule is Cc1ccccc1NC(=O)C(=O)N=Nc1c(O)n(C)c2ccccc12. The Morgan fingerprint density at radius 2 is 1.76 bits per heavy atom. The average molecular weight is 336 g/mol. The number of aromatic nitrogens is 1. The zero-order valence-electron chi connectivity index (χ0n) is 13.7. The summed E-state index contributed by atoms with van der Waals surface area (Å²) in [6.45, 7) is 1.82. The van der Waals surface area contributed by atoms with Gasteiger partial charge in [0.15, 0.2) is 5.69 Å². The maximum Gasteiger partial charge on any atom is 0.353 e. The summed E-state index contributed by atoms with van der Waals surface area (Å²) in [6, 6.07) is 14.3. The van der Waals surface area contributed by atoms with Crippen LogP contribution in [0.5, 0.6) is 5.88 Å². The minimum atomic E-state index is -1.05. The van der Waals surface area contributed by atoms with E-state index in [0.717, 1.165) is 11.1 Å². The van der Waals surface area contributed by atoms with E-state index in [-0.39, 0.29) is 11.6 Å². The predicted molar refractivity (Wildman–Crippen MR) is 93.9 cm³/mol. The van der Waals surface area contributed by atoms with Crippen LogP contribution in [0.4, 0.5) is 11.4 Å². The van der Waals surface area contributed by atoms with Gasteiger partial charge in [-0.1, -0.05) is 36.4 Å². The monoisotopic (exact) mass is 336 g/mol. The van der Waals surface area contributed by atoms with Crippen LogP contribution in [0.25, 0.3) is 10.9 Å². The number of para-hydroxylation sites is 2. The number of carbonyl (C=O) groups is 2. The number of carbonyl (C=O) groups excluding carboxylic acids is 2. The molecule has 3 aromatic rings. The lowest BCUT2D eigenvalue weighted by Gasteiger charge is -2.04. The molecule has 126 valence electrons. The van der Waals surface area contributed by atoms with E-state index in [1.165, 1.54) is 4.57 Å². The molecule has 1 aromatic heterocycles. The number of anilines is 1. The van der Waals surface area contributed by atoms with Crippen LogP contribution in [0.1, 0.15) is 5.56 Å². The molecule has 0 saturated carbocycles. The fraction of sp³-hybridized carbons (Fsp3) is 0.111. The largest absolute Gasteiger partial charge is 0.493 e. The Labute approximate surface area is 143 Å². The molecule has 3 rings (SSSR count). The molecule has 25 heavy (non-hydrogen) atoms. The first-order valence-corrected chi connectivity index (χ1v) is 7.58. The highest BCUT2D eigenvalue weighted by Gasteiger charge is 2.17. The minimum Gasteiger partial charge on any atom is -0.493 e. The van der Waals surface area contributed by atoms with E-state index in [0.29, 0.717) is 11.1 Å². The zero-order valence-corrected chi connectivity index (χ0v) is 13.7. The molecule has 0 unspecified atom stereocenters. The van der Waals surface area contributed by atoms with Crippen molar-refractivity contribution in [3.8, 4) is 5.88 Å². The number of nitrogens with one attached hydrogen (secondary N) is 1. The molecular weight excluding hydrogens is 320 g/mol. The van der Waals surface area contributed by atoms with Gasteiger partial charge in [-0.15, -0.1) is 10.2 Å². The fourth-order valence-electron chi connectivity index (χ4n) is 2.49. The molecule has 2 N–H and O–H groups in total. The van der Waals surface area contributed by atoms with Crippen LogP contribution in [0, 0.1) is 6.92 Å². The van der Waals surface area contributed by atoms with Crippen LogP contribution < -0.4 is 5.32 Å². The highest BCUT2D eigenvalue weighted by atomic mass is 16.3. The van der Waals surface area contributed by atoms with E-state index in [4.69, 9.17) is 0 Å². The smallest absolute Gasteiger partial charge is 0.353 e. The van der Waals surface area contributed by atoms with Crippen LogP contribution in [-0.4, -0.2) is 21.5 Å². The second-order valence-corrected chi connectivity index (χ2v) is 5.52. The number of amides is 2. The van der Waals surface area contributed by atoms with E-state index in [9.17, 15) is 14.7 Å². The van der Waals surface area contributed by atoms with Gasteiger partial charge in [0.1, 0.15) is 0 Å². The Morgan fingerprint density at radius 1 is 1.08 bits per heavy atom. The number of nitrogens with zero attached hydrogens (tertiary/aromatic N) is 3. The summed E-state index contributed by atoms with van der Waals surface area (Å²) in [6.07, 6.45) is 0. The highest BCUT2D eigenvalue weighted by molar-refractivity contribution is 6.40. The lowest BCUT2D eigenvalue weighted by molar-refractivity contribution is -0.134. The Hall–Kier alpha value is -3.48. The summed E-state index contributed by atoms with van der Waals surface area (Å²) < 4.78 is 1.53. The molecule has 2 aromatic carbocycles. The van der Waals surface area contributed by atoms with Gasteiger partial charge in [0.25, 0.3) is 0 Å². The third-order valence-corrected chi connectivity index (χ3v) is 3.88.